The van der Waals surface area contributed by atoms with Crippen LogP contribution in [0, 0.1) is 5.92 Å². The van der Waals surface area contributed by atoms with Gasteiger partial charge in [-0.05, 0) is 37.5 Å². The Hall–Kier alpha value is -1.93. The van der Waals surface area contributed by atoms with Crippen LogP contribution in [0.4, 0.5) is 0 Å². The fourth-order valence-corrected chi connectivity index (χ4v) is 4.22. The highest BCUT2D eigenvalue weighted by Crippen LogP contribution is 2.22. The van der Waals surface area contributed by atoms with E-state index in [2.05, 4.69) is 24.1 Å². The van der Waals surface area contributed by atoms with Gasteiger partial charge in [-0.3, -0.25) is 4.79 Å². The Morgan fingerprint density at radius 2 is 1.90 bits per heavy atom. The van der Waals surface area contributed by atoms with E-state index >= 15 is 0 Å². The average Bonchev–Trinajstić information content (AvgIpc) is 2.94. The topological polar surface area (TPSA) is 84.3 Å². The summed E-state index contributed by atoms with van der Waals surface area (Å²) in [6.07, 6.45) is 4.13. The third-order valence-corrected chi connectivity index (χ3v) is 6.94. The molecule has 1 N–H and O–H groups in total. The largest absolute Gasteiger partial charge is 0.354 e. The zero-order valence-corrected chi connectivity index (χ0v) is 19.2. The van der Waals surface area contributed by atoms with Crippen LogP contribution in [0.5, 0.6) is 0 Å². The van der Waals surface area contributed by atoms with Crippen molar-refractivity contribution in [3.05, 3.63) is 24.0 Å². The van der Waals surface area contributed by atoms with Crippen LogP contribution in [0.3, 0.4) is 0 Å². The molecule has 0 spiro atoms. The number of carbonyl (C=O) groups is 1. The van der Waals surface area contributed by atoms with Crippen molar-refractivity contribution in [3.63, 3.8) is 0 Å². The summed E-state index contributed by atoms with van der Waals surface area (Å²) in [7, 11) is 1.39. The molecule has 1 heterocycles. The van der Waals surface area contributed by atoms with Gasteiger partial charge < -0.3 is 9.88 Å². The van der Waals surface area contributed by atoms with Crippen LogP contribution < -0.4 is 5.32 Å². The quantitative estimate of drug-likeness (QED) is 0.638. The number of nitrogens with zero attached hydrogens (tertiary/aromatic N) is 3. The molecule has 2 rings (SSSR count). The summed E-state index contributed by atoms with van der Waals surface area (Å²) in [6.45, 7) is 6.46. The Morgan fingerprint density at radius 3 is 2.52 bits per heavy atom. The average molecular weight is 423 g/mol. The molecule has 0 saturated carbocycles. The van der Waals surface area contributed by atoms with E-state index in [0.29, 0.717) is 24.3 Å². The smallest absolute Gasteiger partial charge is 0.242 e. The number of carbonyl (C=O) groups excluding carboxylic acids is 1. The minimum Gasteiger partial charge on any atom is -0.354 e. The van der Waals surface area contributed by atoms with E-state index in [1.165, 1.54) is 24.8 Å². The second kappa shape index (κ2) is 9.71. The first-order chi connectivity index (χ1) is 13.5. The predicted molar refractivity (Wildman–Crippen MR) is 116 cm³/mol. The van der Waals surface area contributed by atoms with Crippen LogP contribution in [0.2, 0.25) is 0 Å². The first kappa shape index (κ1) is 23.3. The molecular formula is C21H34N4O3S. The maximum absolute atomic E-state index is 12.3. The van der Waals surface area contributed by atoms with E-state index in [1.54, 1.807) is 18.2 Å². The van der Waals surface area contributed by atoms with Crippen LogP contribution in [-0.2, 0) is 28.3 Å². The second-order valence-electron chi connectivity index (χ2n) is 8.32. The Balaban J connectivity index is 2.01. The van der Waals surface area contributed by atoms with Gasteiger partial charge in [0.2, 0.25) is 15.9 Å². The number of benzene rings is 1. The summed E-state index contributed by atoms with van der Waals surface area (Å²) in [5.41, 5.74) is 1.47. The van der Waals surface area contributed by atoms with Crippen molar-refractivity contribution in [1.82, 2.24) is 19.2 Å². The lowest BCUT2D eigenvalue weighted by Crippen LogP contribution is -2.32. The van der Waals surface area contributed by atoms with Gasteiger partial charge in [0.15, 0.2) is 0 Å². The third kappa shape index (κ3) is 6.02. The Labute approximate surface area is 174 Å². The molecule has 1 atom stereocenters. The number of amides is 1. The third-order valence-electron chi connectivity index (χ3n) is 5.13. The van der Waals surface area contributed by atoms with Gasteiger partial charge in [0.1, 0.15) is 5.82 Å². The van der Waals surface area contributed by atoms with E-state index in [4.69, 9.17) is 0 Å². The monoisotopic (exact) mass is 422 g/mol. The van der Waals surface area contributed by atoms with Gasteiger partial charge in [-0.2, -0.15) is 0 Å². The highest BCUT2D eigenvalue weighted by Gasteiger charge is 2.19. The number of fused-ring (bicyclic) bond motifs is 1. The first-order valence-electron chi connectivity index (χ1n) is 10.2. The van der Waals surface area contributed by atoms with Crippen LogP contribution in [0.25, 0.3) is 11.0 Å². The van der Waals surface area contributed by atoms with Crippen LogP contribution in [0.15, 0.2) is 23.1 Å². The lowest BCUT2D eigenvalue weighted by atomic mass is 10.0. The number of imidazole rings is 1. The highest BCUT2D eigenvalue weighted by atomic mass is 32.2. The molecule has 2 aromatic rings. The van der Waals surface area contributed by atoms with E-state index in [1.807, 2.05) is 18.5 Å². The molecule has 0 aliphatic heterocycles. The Morgan fingerprint density at radius 1 is 1.21 bits per heavy atom. The second-order valence-corrected chi connectivity index (χ2v) is 10.5. The minimum absolute atomic E-state index is 0.0185. The predicted octanol–water partition coefficient (Wildman–Crippen LogP) is 3.09. The van der Waals surface area contributed by atoms with Gasteiger partial charge in [-0.25, -0.2) is 17.7 Å². The van der Waals surface area contributed by atoms with Gasteiger partial charge in [0, 0.05) is 40.0 Å². The molecule has 162 valence electrons. The summed E-state index contributed by atoms with van der Waals surface area (Å²) < 4.78 is 27.8. The summed E-state index contributed by atoms with van der Waals surface area (Å²) in [4.78, 5) is 17.1. The molecule has 0 aliphatic rings. The van der Waals surface area contributed by atoms with Gasteiger partial charge in [-0.1, -0.05) is 26.7 Å². The number of hydrogen-bond acceptors (Lipinski definition) is 4. The summed E-state index contributed by atoms with van der Waals surface area (Å²) >= 11 is 0. The molecule has 0 bridgehead atoms. The number of aromatic nitrogens is 2. The molecular weight excluding hydrogens is 388 g/mol. The minimum atomic E-state index is -3.50. The number of rotatable bonds is 10. The molecule has 7 nitrogen and oxygen atoms in total. The maximum atomic E-state index is 12.3. The molecule has 0 aliphatic carbocycles. The van der Waals surface area contributed by atoms with Crippen molar-refractivity contribution in [3.8, 4) is 0 Å². The molecule has 1 amide bonds. The van der Waals surface area contributed by atoms with Gasteiger partial charge in [0.05, 0.1) is 15.9 Å². The number of nitrogens with one attached hydrogen (secondary N) is 1. The number of aryl methyl sites for hydroxylation is 2. The van der Waals surface area contributed by atoms with Gasteiger partial charge >= 0.3 is 0 Å². The molecule has 1 aromatic heterocycles. The molecule has 0 saturated heterocycles. The van der Waals surface area contributed by atoms with Crippen LogP contribution in [-0.4, -0.2) is 48.3 Å². The number of sulfonamides is 1. The molecule has 1 unspecified atom stereocenters. The van der Waals surface area contributed by atoms with Crippen molar-refractivity contribution >= 4 is 27.0 Å². The molecule has 0 fully saturated rings. The fraction of sp³-hybridized carbons (Fsp3) is 0.619. The van der Waals surface area contributed by atoms with E-state index in [9.17, 15) is 13.2 Å². The lowest BCUT2D eigenvalue weighted by Gasteiger charge is -2.14. The van der Waals surface area contributed by atoms with Gasteiger partial charge in [0.25, 0.3) is 0 Å². The van der Waals surface area contributed by atoms with Crippen molar-refractivity contribution < 1.29 is 13.2 Å². The summed E-state index contributed by atoms with van der Waals surface area (Å²) in [5, 5.41) is 3.06. The van der Waals surface area contributed by atoms with Crippen LogP contribution >= 0.6 is 0 Å². The highest BCUT2D eigenvalue weighted by molar-refractivity contribution is 7.89. The van der Waals surface area contributed by atoms with Gasteiger partial charge in [-0.15, -0.1) is 0 Å². The Bertz CT molecular complexity index is 948. The maximum Gasteiger partial charge on any atom is 0.242 e. The zero-order chi connectivity index (χ0) is 21.8. The van der Waals surface area contributed by atoms with Crippen molar-refractivity contribution in [2.45, 2.75) is 63.8 Å². The summed E-state index contributed by atoms with van der Waals surface area (Å²) in [6, 6.07) is 5.11. The normalized spacial score (nSPS) is 13.4. The van der Waals surface area contributed by atoms with Crippen molar-refractivity contribution in [1.29, 1.82) is 0 Å². The van der Waals surface area contributed by atoms with E-state index in [-0.39, 0.29) is 16.8 Å². The summed E-state index contributed by atoms with van der Waals surface area (Å²) in [5.74, 6) is 1.47. The molecule has 1 aromatic carbocycles. The van der Waals surface area contributed by atoms with Crippen molar-refractivity contribution in [2.24, 2.45) is 13.0 Å². The molecule has 29 heavy (non-hydrogen) atoms. The van der Waals surface area contributed by atoms with E-state index < -0.39 is 10.0 Å². The van der Waals surface area contributed by atoms with Crippen LogP contribution in [0.1, 0.15) is 52.3 Å². The zero-order valence-electron chi connectivity index (χ0n) is 18.4. The first-order valence-corrected chi connectivity index (χ1v) is 11.6. The molecule has 0 radical (unpaired) electrons. The van der Waals surface area contributed by atoms with E-state index in [0.717, 1.165) is 24.2 Å². The standard InChI is InChI=1S/C21H34N4O3S/c1-15(2)8-7-9-16(3)22-21(26)13-12-20-23-18-14-17(29(27,28)24(4)5)10-11-19(18)25(20)6/h10-11,14-16H,7-9,12-13H2,1-6H3,(H,22,26). The number of hydrogen-bond donors (Lipinski definition) is 1. The Kier molecular flexibility index (Phi) is 7.82. The molecule has 8 heteroatoms. The van der Waals surface area contributed by atoms with Crippen molar-refractivity contribution in [2.75, 3.05) is 14.1 Å². The fourth-order valence-electron chi connectivity index (χ4n) is 3.30. The lowest BCUT2D eigenvalue weighted by molar-refractivity contribution is -0.121. The SMILES string of the molecule is CC(C)CCCC(C)NC(=O)CCc1nc2cc(S(=O)(=O)N(C)C)ccc2n1C.